The third kappa shape index (κ3) is 4.33. The van der Waals surface area contributed by atoms with E-state index in [2.05, 4.69) is 64.1 Å². The Labute approximate surface area is 181 Å². The van der Waals surface area contributed by atoms with E-state index in [0.29, 0.717) is 0 Å². The molecule has 2 aromatic carbocycles. The SMILES string of the molecule is CC.c1ccc2c(c1)NC(=NCc1ccc(N3CCCC3)cc1)C1(CCCCC1)N2. The van der Waals surface area contributed by atoms with E-state index < -0.39 is 0 Å². The number of nitrogens with zero attached hydrogens (tertiary/aromatic N) is 2. The predicted molar refractivity (Wildman–Crippen MR) is 130 cm³/mol. The summed E-state index contributed by atoms with van der Waals surface area (Å²) in [5.74, 6) is 1.12. The Morgan fingerprint density at radius 2 is 1.50 bits per heavy atom. The topological polar surface area (TPSA) is 39.7 Å². The van der Waals surface area contributed by atoms with Crippen LogP contribution in [0.3, 0.4) is 0 Å². The summed E-state index contributed by atoms with van der Waals surface area (Å²) in [5.41, 5.74) is 4.95. The first-order chi connectivity index (χ1) is 14.8. The number of hydrogen-bond acceptors (Lipinski definition) is 3. The van der Waals surface area contributed by atoms with Crippen LogP contribution in [-0.4, -0.2) is 24.5 Å². The van der Waals surface area contributed by atoms with Crippen LogP contribution in [0.15, 0.2) is 53.5 Å². The zero-order chi connectivity index (χ0) is 20.8. The molecule has 2 aromatic rings. The molecule has 2 fully saturated rings. The van der Waals surface area contributed by atoms with E-state index in [4.69, 9.17) is 4.99 Å². The largest absolute Gasteiger partial charge is 0.372 e. The molecule has 3 aliphatic rings. The summed E-state index contributed by atoms with van der Waals surface area (Å²) in [5, 5.41) is 7.51. The third-order valence-corrected chi connectivity index (χ3v) is 6.54. The highest BCUT2D eigenvalue weighted by atomic mass is 15.2. The van der Waals surface area contributed by atoms with Gasteiger partial charge in [0, 0.05) is 18.8 Å². The molecule has 4 nitrogen and oxygen atoms in total. The number of amidine groups is 1. The number of nitrogens with one attached hydrogen (secondary N) is 2. The number of fused-ring (bicyclic) bond motifs is 1. The average Bonchev–Trinajstić information content (AvgIpc) is 3.35. The van der Waals surface area contributed by atoms with Crippen molar-refractivity contribution in [1.82, 2.24) is 0 Å². The minimum absolute atomic E-state index is 0.0257. The first-order valence-electron chi connectivity index (χ1n) is 11.9. The molecule has 160 valence electrons. The average molecular weight is 405 g/mol. The van der Waals surface area contributed by atoms with E-state index >= 15 is 0 Å². The van der Waals surface area contributed by atoms with Gasteiger partial charge in [0.05, 0.1) is 23.5 Å². The number of hydrogen-bond donors (Lipinski definition) is 2. The normalized spacial score (nSPS) is 20.7. The van der Waals surface area contributed by atoms with Crippen LogP contribution in [0.5, 0.6) is 0 Å². The third-order valence-electron chi connectivity index (χ3n) is 6.54. The molecule has 0 aromatic heterocycles. The van der Waals surface area contributed by atoms with Gasteiger partial charge < -0.3 is 15.5 Å². The van der Waals surface area contributed by atoms with E-state index in [1.165, 1.54) is 62.1 Å². The molecule has 0 amide bonds. The molecular weight excluding hydrogens is 368 g/mol. The van der Waals surface area contributed by atoms with Gasteiger partial charge in [-0.15, -0.1) is 0 Å². The van der Waals surface area contributed by atoms with Gasteiger partial charge in [-0.05, 0) is 55.5 Å². The molecule has 1 saturated heterocycles. The Bertz CT molecular complexity index is 844. The first kappa shape index (κ1) is 20.8. The summed E-state index contributed by atoms with van der Waals surface area (Å²) < 4.78 is 0. The smallest absolute Gasteiger partial charge is 0.127 e. The molecule has 2 aliphatic heterocycles. The van der Waals surface area contributed by atoms with Crippen molar-refractivity contribution < 1.29 is 0 Å². The number of rotatable bonds is 3. The van der Waals surface area contributed by atoms with Crippen LogP contribution in [0, 0.1) is 0 Å². The van der Waals surface area contributed by atoms with Gasteiger partial charge in [-0.1, -0.05) is 57.4 Å². The number of aliphatic imine (C=N–C) groups is 1. The fourth-order valence-corrected chi connectivity index (χ4v) is 4.93. The predicted octanol–water partition coefficient (Wildman–Crippen LogP) is 6.45. The number of para-hydroxylation sites is 2. The van der Waals surface area contributed by atoms with Crippen molar-refractivity contribution in [3.63, 3.8) is 0 Å². The summed E-state index contributed by atoms with van der Waals surface area (Å²) in [7, 11) is 0. The Balaban J connectivity index is 0.00000106. The molecule has 0 bridgehead atoms. The highest BCUT2D eigenvalue weighted by molar-refractivity contribution is 6.09. The fourth-order valence-electron chi connectivity index (χ4n) is 4.93. The van der Waals surface area contributed by atoms with Crippen LogP contribution < -0.4 is 15.5 Å². The van der Waals surface area contributed by atoms with Gasteiger partial charge in [-0.25, -0.2) is 0 Å². The molecule has 2 heterocycles. The molecule has 30 heavy (non-hydrogen) atoms. The van der Waals surface area contributed by atoms with Crippen molar-refractivity contribution in [2.24, 2.45) is 4.99 Å². The van der Waals surface area contributed by atoms with Gasteiger partial charge in [0.15, 0.2) is 0 Å². The summed E-state index contributed by atoms with van der Waals surface area (Å²) in [6, 6.07) is 17.5. The van der Waals surface area contributed by atoms with Crippen LogP contribution in [0.25, 0.3) is 0 Å². The zero-order valence-electron chi connectivity index (χ0n) is 18.6. The lowest BCUT2D eigenvalue weighted by Crippen LogP contribution is -2.53. The molecule has 0 atom stereocenters. The molecule has 2 N–H and O–H groups in total. The van der Waals surface area contributed by atoms with E-state index in [0.717, 1.165) is 30.9 Å². The van der Waals surface area contributed by atoms with Crippen molar-refractivity contribution in [2.75, 3.05) is 28.6 Å². The second-order valence-electron chi connectivity index (χ2n) is 8.46. The van der Waals surface area contributed by atoms with Crippen molar-refractivity contribution >= 4 is 22.9 Å². The molecule has 0 unspecified atom stereocenters. The maximum absolute atomic E-state index is 5.09. The minimum Gasteiger partial charge on any atom is -0.372 e. The highest BCUT2D eigenvalue weighted by Gasteiger charge is 2.40. The maximum atomic E-state index is 5.09. The summed E-state index contributed by atoms with van der Waals surface area (Å²) in [6.45, 7) is 7.12. The number of anilines is 3. The molecule has 0 radical (unpaired) electrons. The first-order valence-corrected chi connectivity index (χ1v) is 11.9. The van der Waals surface area contributed by atoms with Crippen LogP contribution in [-0.2, 0) is 6.54 Å². The molecule has 1 aliphatic carbocycles. The van der Waals surface area contributed by atoms with Crippen molar-refractivity contribution in [1.29, 1.82) is 0 Å². The van der Waals surface area contributed by atoms with Crippen molar-refractivity contribution in [3.8, 4) is 0 Å². The molecule has 1 saturated carbocycles. The Kier molecular flexibility index (Phi) is 6.61. The summed E-state index contributed by atoms with van der Waals surface area (Å²) >= 11 is 0. The Morgan fingerprint density at radius 3 is 2.20 bits per heavy atom. The van der Waals surface area contributed by atoms with Crippen LogP contribution in [0.4, 0.5) is 17.1 Å². The van der Waals surface area contributed by atoms with Crippen molar-refractivity contribution in [3.05, 3.63) is 54.1 Å². The van der Waals surface area contributed by atoms with Gasteiger partial charge in [-0.2, -0.15) is 0 Å². The number of benzene rings is 2. The van der Waals surface area contributed by atoms with E-state index in [-0.39, 0.29) is 5.54 Å². The molecule has 5 rings (SSSR count). The summed E-state index contributed by atoms with van der Waals surface area (Å²) in [4.78, 5) is 7.57. The van der Waals surface area contributed by atoms with Crippen LogP contribution in [0.2, 0.25) is 0 Å². The van der Waals surface area contributed by atoms with Crippen LogP contribution >= 0.6 is 0 Å². The van der Waals surface area contributed by atoms with Gasteiger partial charge >= 0.3 is 0 Å². The standard InChI is InChI=1S/C24H30N4.C2H6/c1-4-14-24(15-5-1)23(26-21-8-2-3-9-22(21)27-24)25-18-19-10-12-20(13-11-19)28-16-6-7-17-28;1-2/h2-3,8-13,27H,1,4-7,14-18H2,(H,25,26);1-2H3. The fraction of sp³-hybridized carbons (Fsp3) is 0.500. The van der Waals surface area contributed by atoms with E-state index in [1.54, 1.807) is 0 Å². The van der Waals surface area contributed by atoms with Crippen molar-refractivity contribution in [2.45, 2.75) is 70.9 Å². The van der Waals surface area contributed by atoms with Gasteiger partial charge in [0.2, 0.25) is 0 Å². The zero-order valence-corrected chi connectivity index (χ0v) is 18.6. The molecule has 1 spiro atoms. The lowest BCUT2D eigenvalue weighted by atomic mass is 9.79. The lowest BCUT2D eigenvalue weighted by Gasteiger charge is -2.44. The quantitative estimate of drug-likeness (QED) is 0.617. The highest BCUT2D eigenvalue weighted by Crippen LogP contribution is 2.39. The van der Waals surface area contributed by atoms with Gasteiger partial charge in [-0.3, -0.25) is 4.99 Å². The summed E-state index contributed by atoms with van der Waals surface area (Å²) in [6.07, 6.45) is 8.80. The van der Waals surface area contributed by atoms with E-state index in [1.807, 2.05) is 13.8 Å². The molecular formula is C26H36N4. The maximum Gasteiger partial charge on any atom is 0.127 e. The molecule has 4 heteroatoms. The minimum atomic E-state index is -0.0257. The Morgan fingerprint density at radius 1 is 0.833 bits per heavy atom. The van der Waals surface area contributed by atoms with Gasteiger partial charge in [0.25, 0.3) is 0 Å². The van der Waals surface area contributed by atoms with E-state index in [9.17, 15) is 0 Å². The Hall–Kier alpha value is -2.49. The van der Waals surface area contributed by atoms with Crippen LogP contribution in [0.1, 0.15) is 64.4 Å². The monoisotopic (exact) mass is 404 g/mol. The second kappa shape index (κ2) is 9.55. The van der Waals surface area contributed by atoms with Gasteiger partial charge in [0.1, 0.15) is 5.84 Å². The lowest BCUT2D eigenvalue weighted by molar-refractivity contribution is 0.403. The second-order valence-corrected chi connectivity index (χ2v) is 8.46.